The zero-order valence-corrected chi connectivity index (χ0v) is 25.2. The molecule has 6 nitrogen and oxygen atoms in total. The fourth-order valence-electron chi connectivity index (χ4n) is 5.68. The van der Waals surface area contributed by atoms with Crippen LogP contribution in [0.3, 0.4) is 0 Å². The quantitative estimate of drug-likeness (QED) is 0.225. The fourth-order valence-corrected chi connectivity index (χ4v) is 5.68. The van der Waals surface area contributed by atoms with Gasteiger partial charge in [-0.05, 0) is 68.5 Å². The van der Waals surface area contributed by atoms with E-state index in [4.69, 9.17) is 4.74 Å². The number of β-lactam (4-membered cyclic amide) rings is 1. The number of likely N-dealkylation sites (tertiary alicyclic amines) is 1. The van der Waals surface area contributed by atoms with E-state index in [1.807, 2.05) is 51.1 Å². The lowest BCUT2D eigenvalue weighted by Gasteiger charge is -2.53. The van der Waals surface area contributed by atoms with Crippen LogP contribution in [-0.4, -0.2) is 41.6 Å². The first-order valence-electron chi connectivity index (χ1n) is 15.0. The number of urea groups is 1. The molecule has 4 rings (SSSR count). The number of benzene rings is 3. The van der Waals surface area contributed by atoms with Gasteiger partial charge in [0.1, 0.15) is 11.2 Å². The van der Waals surface area contributed by atoms with E-state index in [0.29, 0.717) is 18.6 Å². The van der Waals surface area contributed by atoms with E-state index < -0.39 is 17.7 Å². The van der Waals surface area contributed by atoms with Crippen molar-refractivity contribution in [1.82, 2.24) is 15.1 Å². The van der Waals surface area contributed by atoms with E-state index in [9.17, 15) is 9.59 Å². The molecule has 0 unspecified atom stereocenters. The second-order valence-electron chi connectivity index (χ2n) is 11.3. The number of amides is 3. The van der Waals surface area contributed by atoms with Crippen LogP contribution in [0.4, 0.5) is 4.79 Å². The zero-order valence-electron chi connectivity index (χ0n) is 25.2. The standard InChI is InChI=1S/C35H45N3O3/c1-6-12-31(29-19-15-26(4)16-20-29)36-34(40)38-32(39)35(7-2,8-3)33(38)41-30-21-17-27(18-22-30)23-24-37(5)25-28-13-10-9-11-14-28/h9-11,13-22,31,33H,6-8,12,23-25H2,1-5H3,(H,36,40)/t31-,33+/m1/s1. The number of ether oxygens (including phenoxy) is 1. The molecule has 41 heavy (non-hydrogen) atoms. The van der Waals surface area contributed by atoms with Crippen LogP contribution in [0.1, 0.15) is 74.8 Å². The summed E-state index contributed by atoms with van der Waals surface area (Å²) in [5.41, 5.74) is 4.02. The first-order chi connectivity index (χ1) is 19.8. The predicted octanol–water partition coefficient (Wildman–Crippen LogP) is 7.27. The van der Waals surface area contributed by atoms with Crippen LogP contribution >= 0.6 is 0 Å². The summed E-state index contributed by atoms with van der Waals surface area (Å²) >= 11 is 0. The van der Waals surface area contributed by atoms with Crippen LogP contribution in [0.25, 0.3) is 0 Å². The van der Waals surface area contributed by atoms with Crippen LogP contribution < -0.4 is 10.1 Å². The molecule has 218 valence electrons. The Morgan fingerprint density at radius 3 is 2.22 bits per heavy atom. The molecule has 6 heteroatoms. The van der Waals surface area contributed by atoms with Gasteiger partial charge in [0.25, 0.3) is 0 Å². The molecule has 3 aromatic carbocycles. The van der Waals surface area contributed by atoms with Crippen molar-refractivity contribution in [1.29, 1.82) is 0 Å². The van der Waals surface area contributed by atoms with Gasteiger partial charge in [-0.1, -0.05) is 99.5 Å². The van der Waals surface area contributed by atoms with E-state index in [1.165, 1.54) is 21.6 Å². The largest absolute Gasteiger partial charge is 0.469 e. The summed E-state index contributed by atoms with van der Waals surface area (Å²) < 4.78 is 6.41. The van der Waals surface area contributed by atoms with E-state index in [2.05, 4.69) is 72.7 Å². The van der Waals surface area contributed by atoms with Crippen LogP contribution in [-0.2, 0) is 17.8 Å². The molecule has 1 heterocycles. The maximum atomic E-state index is 13.5. The van der Waals surface area contributed by atoms with Crippen LogP contribution in [0, 0.1) is 12.3 Å². The number of rotatable bonds is 13. The number of aryl methyl sites for hydroxylation is 1. The van der Waals surface area contributed by atoms with Crippen molar-refractivity contribution >= 4 is 11.9 Å². The molecule has 1 saturated heterocycles. The van der Waals surface area contributed by atoms with Gasteiger partial charge in [-0.15, -0.1) is 0 Å². The van der Waals surface area contributed by atoms with Gasteiger partial charge in [-0.25, -0.2) is 9.69 Å². The van der Waals surface area contributed by atoms with Crippen molar-refractivity contribution in [2.45, 2.75) is 78.6 Å². The molecule has 1 aliphatic heterocycles. The molecule has 1 aliphatic rings. The molecule has 0 aromatic heterocycles. The number of likely N-dealkylation sites (N-methyl/N-ethyl adjacent to an activating group) is 1. The number of hydrogen-bond donors (Lipinski definition) is 1. The Morgan fingerprint density at radius 2 is 1.61 bits per heavy atom. The SMILES string of the molecule is CCC[C@@H](NC(=O)N1C(=O)C(CC)(CC)[C@@H]1Oc1ccc(CCN(C)Cc2ccccc2)cc1)c1ccc(C)cc1. The maximum Gasteiger partial charge on any atom is 0.327 e. The highest BCUT2D eigenvalue weighted by atomic mass is 16.5. The molecule has 0 aliphatic carbocycles. The van der Waals surface area contributed by atoms with Gasteiger partial charge >= 0.3 is 6.03 Å². The molecule has 0 bridgehead atoms. The summed E-state index contributed by atoms with van der Waals surface area (Å²) in [7, 11) is 2.14. The van der Waals surface area contributed by atoms with Crippen molar-refractivity contribution in [2.24, 2.45) is 5.41 Å². The average molecular weight is 556 g/mol. The lowest BCUT2D eigenvalue weighted by molar-refractivity contribution is -0.191. The van der Waals surface area contributed by atoms with Crippen molar-refractivity contribution in [2.75, 3.05) is 13.6 Å². The molecule has 0 radical (unpaired) electrons. The Morgan fingerprint density at radius 1 is 0.951 bits per heavy atom. The molecule has 0 saturated carbocycles. The minimum Gasteiger partial charge on any atom is -0.469 e. The first-order valence-corrected chi connectivity index (χ1v) is 15.0. The van der Waals surface area contributed by atoms with Gasteiger partial charge in [-0.3, -0.25) is 4.79 Å². The van der Waals surface area contributed by atoms with Crippen molar-refractivity contribution in [3.63, 3.8) is 0 Å². The van der Waals surface area contributed by atoms with Gasteiger partial charge in [0.2, 0.25) is 5.91 Å². The Balaban J connectivity index is 1.42. The fraction of sp³-hybridized carbons (Fsp3) is 0.429. The number of nitrogens with zero attached hydrogens (tertiary/aromatic N) is 2. The number of carbonyl (C=O) groups is 2. The van der Waals surface area contributed by atoms with E-state index in [1.54, 1.807) is 0 Å². The summed E-state index contributed by atoms with van der Waals surface area (Å²) in [4.78, 5) is 30.6. The third-order valence-electron chi connectivity index (χ3n) is 8.44. The van der Waals surface area contributed by atoms with Crippen LogP contribution in [0.2, 0.25) is 0 Å². The number of nitrogens with one attached hydrogen (secondary N) is 1. The molecular formula is C35H45N3O3. The number of carbonyl (C=O) groups excluding carboxylic acids is 2. The van der Waals surface area contributed by atoms with Gasteiger partial charge in [-0.2, -0.15) is 0 Å². The first kappa shape index (κ1) is 30.3. The lowest BCUT2D eigenvalue weighted by Crippen LogP contribution is -2.73. The summed E-state index contributed by atoms with van der Waals surface area (Å²) in [6, 6.07) is 26.2. The molecule has 3 aromatic rings. The topological polar surface area (TPSA) is 61.9 Å². The highest BCUT2D eigenvalue weighted by Gasteiger charge is 2.63. The molecule has 3 amide bonds. The van der Waals surface area contributed by atoms with Gasteiger partial charge in [0.15, 0.2) is 6.23 Å². The minimum absolute atomic E-state index is 0.165. The normalized spacial score (nSPS) is 16.8. The van der Waals surface area contributed by atoms with Crippen molar-refractivity contribution in [3.8, 4) is 5.75 Å². The molecule has 2 atom stereocenters. The van der Waals surface area contributed by atoms with Crippen molar-refractivity contribution in [3.05, 3.63) is 101 Å². The molecule has 1 N–H and O–H groups in total. The third-order valence-corrected chi connectivity index (χ3v) is 8.44. The summed E-state index contributed by atoms with van der Waals surface area (Å²) in [5.74, 6) is 0.499. The third kappa shape index (κ3) is 6.99. The van der Waals surface area contributed by atoms with E-state index in [0.717, 1.165) is 37.9 Å². The van der Waals surface area contributed by atoms with Crippen LogP contribution in [0.15, 0.2) is 78.9 Å². The summed E-state index contributed by atoms with van der Waals surface area (Å²) in [5, 5.41) is 3.12. The highest BCUT2D eigenvalue weighted by Crippen LogP contribution is 2.46. The Labute approximate surface area is 245 Å². The van der Waals surface area contributed by atoms with E-state index in [-0.39, 0.29) is 11.9 Å². The Bertz CT molecular complexity index is 1270. The summed E-state index contributed by atoms with van der Waals surface area (Å²) in [6.45, 7) is 9.98. The number of imide groups is 1. The maximum absolute atomic E-state index is 13.5. The molecule has 0 spiro atoms. The second-order valence-corrected chi connectivity index (χ2v) is 11.3. The molecular weight excluding hydrogens is 510 g/mol. The highest BCUT2D eigenvalue weighted by molar-refractivity contribution is 6.03. The van der Waals surface area contributed by atoms with Crippen LogP contribution in [0.5, 0.6) is 5.75 Å². The van der Waals surface area contributed by atoms with Gasteiger partial charge in [0, 0.05) is 13.1 Å². The minimum atomic E-state index is -0.708. The Kier molecular flexibility index (Phi) is 10.2. The second kappa shape index (κ2) is 13.8. The van der Waals surface area contributed by atoms with Gasteiger partial charge in [0.05, 0.1) is 6.04 Å². The molecule has 1 fully saturated rings. The monoisotopic (exact) mass is 555 g/mol. The van der Waals surface area contributed by atoms with Crippen molar-refractivity contribution < 1.29 is 14.3 Å². The van der Waals surface area contributed by atoms with Gasteiger partial charge < -0.3 is 15.0 Å². The average Bonchev–Trinajstić information content (AvgIpc) is 2.98. The number of hydrogen-bond acceptors (Lipinski definition) is 4. The summed E-state index contributed by atoms with van der Waals surface area (Å²) in [6.07, 6.45) is 3.20. The Hall–Kier alpha value is -3.64. The smallest absolute Gasteiger partial charge is 0.327 e. The lowest BCUT2D eigenvalue weighted by atomic mass is 9.72. The zero-order chi connectivity index (χ0) is 29.4. The predicted molar refractivity (Wildman–Crippen MR) is 165 cm³/mol. The van der Waals surface area contributed by atoms with E-state index >= 15 is 0 Å².